The van der Waals surface area contributed by atoms with E-state index < -0.39 is 17.7 Å². The molecule has 190 valence electrons. The van der Waals surface area contributed by atoms with Crippen molar-refractivity contribution in [3.8, 4) is 0 Å². The Balaban J connectivity index is 1.63. The monoisotopic (exact) mass is 497 g/mol. The molecular formula is C24H28FN7O4. The van der Waals surface area contributed by atoms with Gasteiger partial charge < -0.3 is 25.5 Å². The standard InChI is InChI=1S/C24H28FN7O4/c1-13(33)27-20-6-7-32-21(29-20)16(10-26-32)22(34)28-17-8-14-11-31(12-19(25)24(2,3)36)23(35)15(14)9-18(17)30(4)5/h6-10,19,36H,11-12H2,1-5H3,(H,28,34)(H,27,29,33)/t19-/m1/s1. The molecule has 1 atom stereocenters. The molecule has 12 heteroatoms. The minimum atomic E-state index is -1.62. The zero-order valence-electron chi connectivity index (χ0n) is 20.7. The van der Waals surface area contributed by atoms with Crippen LogP contribution in [0.5, 0.6) is 0 Å². The first kappa shape index (κ1) is 25.0. The summed E-state index contributed by atoms with van der Waals surface area (Å²) in [5.74, 6) is -0.828. The second-order valence-electron chi connectivity index (χ2n) is 9.50. The molecule has 3 heterocycles. The lowest BCUT2D eigenvalue weighted by Gasteiger charge is -2.26. The largest absolute Gasteiger partial charge is 0.387 e. The van der Waals surface area contributed by atoms with Crippen LogP contribution in [0.25, 0.3) is 5.65 Å². The van der Waals surface area contributed by atoms with Crippen LogP contribution in [-0.4, -0.2) is 74.7 Å². The van der Waals surface area contributed by atoms with Crippen molar-refractivity contribution < 1.29 is 23.9 Å². The number of carbonyl (C=O) groups is 3. The van der Waals surface area contributed by atoms with E-state index in [1.807, 2.05) is 0 Å². The average Bonchev–Trinajstić information content (AvgIpc) is 3.32. The molecular weight excluding hydrogens is 469 g/mol. The zero-order valence-corrected chi connectivity index (χ0v) is 20.7. The van der Waals surface area contributed by atoms with Gasteiger partial charge in [0.2, 0.25) is 5.91 Å². The van der Waals surface area contributed by atoms with Gasteiger partial charge in [-0.15, -0.1) is 0 Å². The molecule has 4 rings (SSSR count). The van der Waals surface area contributed by atoms with E-state index in [4.69, 9.17) is 0 Å². The molecule has 0 spiro atoms. The number of halogens is 1. The maximum Gasteiger partial charge on any atom is 0.261 e. The molecule has 36 heavy (non-hydrogen) atoms. The van der Waals surface area contributed by atoms with Crippen molar-refractivity contribution in [3.05, 3.63) is 47.3 Å². The van der Waals surface area contributed by atoms with Gasteiger partial charge in [0, 0.05) is 39.3 Å². The molecule has 0 saturated heterocycles. The van der Waals surface area contributed by atoms with Gasteiger partial charge in [-0.1, -0.05) is 0 Å². The zero-order chi connectivity index (χ0) is 26.4. The number of anilines is 3. The van der Waals surface area contributed by atoms with Crippen molar-refractivity contribution in [2.45, 2.75) is 39.1 Å². The highest BCUT2D eigenvalue weighted by Crippen LogP contribution is 2.34. The number of hydrogen-bond acceptors (Lipinski definition) is 7. The fraction of sp³-hybridized carbons (Fsp3) is 0.375. The lowest BCUT2D eigenvalue weighted by atomic mass is 10.0. The Labute approximate surface area is 206 Å². The lowest BCUT2D eigenvalue weighted by Crippen LogP contribution is -2.42. The van der Waals surface area contributed by atoms with Crippen molar-refractivity contribution in [1.82, 2.24) is 19.5 Å². The van der Waals surface area contributed by atoms with E-state index in [0.29, 0.717) is 22.5 Å². The van der Waals surface area contributed by atoms with E-state index in [9.17, 15) is 23.9 Å². The summed E-state index contributed by atoms with van der Waals surface area (Å²) in [7, 11) is 3.55. The summed E-state index contributed by atoms with van der Waals surface area (Å²) in [6.07, 6.45) is 1.34. The maximum absolute atomic E-state index is 14.5. The number of nitrogens with one attached hydrogen (secondary N) is 2. The number of hydrogen-bond donors (Lipinski definition) is 3. The van der Waals surface area contributed by atoms with E-state index in [2.05, 4.69) is 20.7 Å². The number of benzene rings is 1. The van der Waals surface area contributed by atoms with Gasteiger partial charge in [0.15, 0.2) is 5.65 Å². The van der Waals surface area contributed by atoms with Crippen molar-refractivity contribution in [2.75, 3.05) is 36.2 Å². The first-order valence-corrected chi connectivity index (χ1v) is 11.3. The maximum atomic E-state index is 14.5. The van der Waals surface area contributed by atoms with Crippen molar-refractivity contribution in [1.29, 1.82) is 0 Å². The molecule has 1 aromatic carbocycles. The molecule has 1 aliphatic heterocycles. The van der Waals surface area contributed by atoms with Crippen molar-refractivity contribution in [3.63, 3.8) is 0 Å². The second kappa shape index (κ2) is 9.19. The highest BCUT2D eigenvalue weighted by molar-refractivity contribution is 6.10. The fourth-order valence-electron chi connectivity index (χ4n) is 3.91. The number of aromatic nitrogens is 3. The van der Waals surface area contributed by atoms with E-state index in [0.717, 1.165) is 0 Å². The predicted octanol–water partition coefficient (Wildman–Crippen LogP) is 2.07. The lowest BCUT2D eigenvalue weighted by molar-refractivity contribution is -0.114. The molecule has 0 bridgehead atoms. The molecule has 0 radical (unpaired) electrons. The molecule has 3 aromatic rings. The van der Waals surface area contributed by atoms with Gasteiger partial charge >= 0.3 is 0 Å². The number of rotatable bonds is 7. The highest BCUT2D eigenvalue weighted by Gasteiger charge is 2.35. The van der Waals surface area contributed by atoms with E-state index in [1.165, 1.54) is 36.4 Å². The fourth-order valence-corrected chi connectivity index (χ4v) is 3.91. The predicted molar refractivity (Wildman–Crippen MR) is 132 cm³/mol. The summed E-state index contributed by atoms with van der Waals surface area (Å²) in [6.45, 7) is 3.98. The average molecular weight is 498 g/mol. The third-order valence-corrected chi connectivity index (χ3v) is 5.90. The number of nitrogens with zero attached hydrogens (tertiary/aromatic N) is 5. The Morgan fingerprint density at radius 3 is 2.64 bits per heavy atom. The summed E-state index contributed by atoms with van der Waals surface area (Å²) in [6, 6.07) is 4.92. The van der Waals surface area contributed by atoms with Crippen molar-refractivity contribution in [2.24, 2.45) is 0 Å². The van der Waals surface area contributed by atoms with Gasteiger partial charge in [0.25, 0.3) is 11.8 Å². The van der Waals surface area contributed by atoms with Crippen LogP contribution < -0.4 is 15.5 Å². The smallest absolute Gasteiger partial charge is 0.261 e. The van der Waals surface area contributed by atoms with Crippen LogP contribution >= 0.6 is 0 Å². The number of carbonyl (C=O) groups excluding carboxylic acids is 3. The Morgan fingerprint density at radius 1 is 1.28 bits per heavy atom. The van der Waals surface area contributed by atoms with Gasteiger partial charge in [0.05, 0.1) is 29.7 Å². The van der Waals surface area contributed by atoms with Gasteiger partial charge in [-0.05, 0) is 37.6 Å². The van der Waals surface area contributed by atoms with Crippen LogP contribution in [0.15, 0.2) is 30.6 Å². The van der Waals surface area contributed by atoms with Crippen LogP contribution in [0.3, 0.4) is 0 Å². The highest BCUT2D eigenvalue weighted by atomic mass is 19.1. The Morgan fingerprint density at radius 2 is 2.00 bits per heavy atom. The molecule has 3 amide bonds. The van der Waals surface area contributed by atoms with Crippen LogP contribution in [-0.2, 0) is 11.3 Å². The van der Waals surface area contributed by atoms with Gasteiger partial charge in [-0.3, -0.25) is 14.4 Å². The normalized spacial score (nSPS) is 14.1. The summed E-state index contributed by atoms with van der Waals surface area (Å²) >= 11 is 0. The minimum absolute atomic E-state index is 0.152. The summed E-state index contributed by atoms with van der Waals surface area (Å²) in [5.41, 5.74) is 0.955. The number of aliphatic hydroxyl groups is 1. The van der Waals surface area contributed by atoms with Gasteiger partial charge in [-0.25, -0.2) is 13.9 Å². The Hall–Kier alpha value is -4.06. The first-order chi connectivity index (χ1) is 16.8. The number of amides is 3. The molecule has 11 nitrogen and oxygen atoms in total. The molecule has 3 N–H and O–H groups in total. The third kappa shape index (κ3) is 4.85. The quantitative estimate of drug-likeness (QED) is 0.455. The van der Waals surface area contributed by atoms with E-state index >= 15 is 0 Å². The summed E-state index contributed by atoms with van der Waals surface area (Å²) < 4.78 is 15.9. The minimum Gasteiger partial charge on any atom is -0.387 e. The SMILES string of the molecule is CC(=O)Nc1ccn2ncc(C(=O)Nc3cc4c(cc3N(C)C)C(=O)N(C[C@@H](F)C(C)(C)O)C4)c2n1. The molecule has 0 fully saturated rings. The Kier molecular flexibility index (Phi) is 6.39. The van der Waals surface area contributed by atoms with Gasteiger partial charge in [-0.2, -0.15) is 5.10 Å². The summed E-state index contributed by atoms with van der Waals surface area (Å²) in [5, 5.41) is 19.5. The van der Waals surface area contributed by atoms with Crippen molar-refractivity contribution >= 4 is 40.6 Å². The summed E-state index contributed by atoms with van der Waals surface area (Å²) in [4.78, 5) is 44.9. The van der Waals surface area contributed by atoms with E-state index in [1.54, 1.807) is 43.4 Å². The first-order valence-electron chi connectivity index (χ1n) is 11.3. The van der Waals surface area contributed by atoms with Crippen LogP contribution in [0, 0.1) is 0 Å². The van der Waals surface area contributed by atoms with Crippen LogP contribution in [0.4, 0.5) is 21.6 Å². The van der Waals surface area contributed by atoms with E-state index in [-0.39, 0.29) is 41.9 Å². The Bertz CT molecular complexity index is 1360. The number of alkyl halides is 1. The van der Waals surface area contributed by atoms with Crippen LogP contribution in [0.2, 0.25) is 0 Å². The topological polar surface area (TPSA) is 132 Å². The number of fused-ring (bicyclic) bond motifs is 2. The van der Waals surface area contributed by atoms with Gasteiger partial charge in [0.1, 0.15) is 17.6 Å². The van der Waals surface area contributed by atoms with Crippen LogP contribution in [0.1, 0.15) is 47.1 Å². The molecule has 0 aliphatic carbocycles. The third-order valence-electron chi connectivity index (χ3n) is 5.90. The molecule has 2 aromatic heterocycles. The molecule has 0 unspecified atom stereocenters. The molecule has 0 saturated carbocycles. The molecule has 1 aliphatic rings. The second-order valence-corrected chi connectivity index (χ2v) is 9.50.